The fraction of sp³-hybridized carbons (Fsp3) is 0.355. The summed E-state index contributed by atoms with van der Waals surface area (Å²) in [5.41, 5.74) is 3.31. The van der Waals surface area contributed by atoms with Gasteiger partial charge in [0.1, 0.15) is 11.8 Å². The van der Waals surface area contributed by atoms with E-state index < -0.39 is 34.7 Å². The fourth-order valence-corrected chi connectivity index (χ4v) is 6.08. The van der Waals surface area contributed by atoms with Gasteiger partial charge in [-0.25, -0.2) is 0 Å². The molecule has 2 aromatic carbocycles. The summed E-state index contributed by atoms with van der Waals surface area (Å²) in [7, 11) is 0. The zero-order valence-corrected chi connectivity index (χ0v) is 24.4. The Kier molecular flexibility index (Phi) is 9.35. The average Bonchev–Trinajstić information content (AvgIpc) is 3.28. The minimum atomic E-state index is -1.62. The van der Waals surface area contributed by atoms with E-state index in [4.69, 9.17) is 0 Å². The van der Waals surface area contributed by atoms with Crippen molar-refractivity contribution in [3.63, 3.8) is 0 Å². The number of pyridine rings is 1. The first-order valence-corrected chi connectivity index (χ1v) is 14.4. The number of aromatic hydroxyl groups is 1. The van der Waals surface area contributed by atoms with E-state index in [0.29, 0.717) is 5.56 Å². The summed E-state index contributed by atoms with van der Waals surface area (Å²) in [4.78, 5) is 46.1. The minimum Gasteiger partial charge on any atom is -0.508 e. The van der Waals surface area contributed by atoms with Crippen LogP contribution in [0.5, 0.6) is 5.75 Å². The molecule has 0 saturated carbocycles. The minimum absolute atomic E-state index is 0.0273. The molecule has 1 aliphatic heterocycles. The summed E-state index contributed by atoms with van der Waals surface area (Å²) in [6, 6.07) is 13.9. The van der Waals surface area contributed by atoms with Gasteiger partial charge >= 0.3 is 0 Å². The van der Waals surface area contributed by atoms with Crippen molar-refractivity contribution in [3.05, 3.63) is 94.8 Å². The Labute approximate surface area is 244 Å². The van der Waals surface area contributed by atoms with Gasteiger partial charge in [-0.05, 0) is 69.0 Å². The lowest BCUT2D eigenvalue weighted by Crippen LogP contribution is -2.58. The number of nitrogens with zero attached hydrogens (tertiary/aromatic N) is 2. The van der Waals surface area contributed by atoms with Crippen LogP contribution in [-0.4, -0.2) is 66.6 Å². The van der Waals surface area contributed by atoms with E-state index in [2.05, 4.69) is 15.6 Å². The van der Waals surface area contributed by atoms with Gasteiger partial charge in [-0.1, -0.05) is 36.4 Å². The maximum Gasteiger partial charge on any atom is 0.254 e. The summed E-state index contributed by atoms with van der Waals surface area (Å²) in [5, 5.41) is 27.3. The second-order valence-electron chi connectivity index (χ2n) is 10.8. The Morgan fingerprint density at radius 3 is 2.54 bits per heavy atom. The van der Waals surface area contributed by atoms with Crippen molar-refractivity contribution in [2.75, 3.05) is 5.88 Å². The Balaban J connectivity index is 1.56. The van der Waals surface area contributed by atoms with Crippen LogP contribution in [0.15, 0.2) is 67.0 Å². The first-order valence-electron chi connectivity index (χ1n) is 13.4. The van der Waals surface area contributed by atoms with E-state index in [9.17, 15) is 24.6 Å². The number of carbonyl (C=O) groups excluding carboxylic acids is 3. The summed E-state index contributed by atoms with van der Waals surface area (Å²) < 4.78 is -0.611. The van der Waals surface area contributed by atoms with Gasteiger partial charge in [-0.15, -0.1) is 11.8 Å². The summed E-state index contributed by atoms with van der Waals surface area (Å²) in [5.74, 6) is -1.31. The van der Waals surface area contributed by atoms with Crippen LogP contribution < -0.4 is 10.6 Å². The predicted molar refractivity (Wildman–Crippen MR) is 158 cm³/mol. The van der Waals surface area contributed by atoms with Crippen LogP contribution in [0.4, 0.5) is 0 Å². The molecule has 1 aliphatic rings. The van der Waals surface area contributed by atoms with Crippen LogP contribution in [-0.2, 0) is 22.6 Å². The second kappa shape index (κ2) is 12.7. The number of aromatic nitrogens is 1. The average molecular weight is 577 g/mol. The van der Waals surface area contributed by atoms with Crippen LogP contribution >= 0.6 is 11.8 Å². The first-order chi connectivity index (χ1) is 19.5. The quantitative estimate of drug-likeness (QED) is 0.308. The molecule has 4 rings (SSSR count). The molecule has 0 radical (unpaired) electrons. The second-order valence-corrected chi connectivity index (χ2v) is 12.4. The number of carbonyl (C=O) groups is 3. The maximum absolute atomic E-state index is 13.8. The number of nitrogens with one attached hydrogen (secondary N) is 2. The van der Waals surface area contributed by atoms with Gasteiger partial charge in [0.25, 0.3) is 11.8 Å². The number of hydrogen-bond donors (Lipinski definition) is 4. The van der Waals surface area contributed by atoms with Gasteiger partial charge in [-0.3, -0.25) is 19.4 Å². The number of rotatable bonds is 9. The highest BCUT2D eigenvalue weighted by atomic mass is 32.2. The SMILES string of the molecule is Cc1ccncc1CNC(=O)C1N(C(=O)C(O)C(Cc2ccccc2)NC(=O)c2cccc(O)c2C)CSC1(C)C. The largest absolute Gasteiger partial charge is 0.508 e. The molecule has 4 N–H and O–H groups in total. The Bertz CT molecular complexity index is 1410. The number of amides is 3. The number of benzene rings is 2. The lowest BCUT2D eigenvalue weighted by Gasteiger charge is -2.33. The van der Waals surface area contributed by atoms with Crippen molar-refractivity contribution in [2.24, 2.45) is 0 Å². The molecule has 1 saturated heterocycles. The molecule has 3 atom stereocenters. The van der Waals surface area contributed by atoms with Crippen molar-refractivity contribution in [1.82, 2.24) is 20.5 Å². The molecule has 0 bridgehead atoms. The monoisotopic (exact) mass is 576 g/mol. The van der Waals surface area contributed by atoms with Crippen LogP contribution in [0.1, 0.15) is 46.5 Å². The van der Waals surface area contributed by atoms with E-state index in [1.54, 1.807) is 31.5 Å². The molecule has 2 heterocycles. The van der Waals surface area contributed by atoms with E-state index in [1.807, 2.05) is 57.2 Å². The molecular formula is C31H36N4O5S. The normalized spacial score (nSPS) is 17.5. The number of aliphatic hydroxyl groups is 1. The van der Waals surface area contributed by atoms with Crippen molar-refractivity contribution < 1.29 is 24.6 Å². The molecule has 10 heteroatoms. The molecule has 3 unspecified atom stereocenters. The molecule has 41 heavy (non-hydrogen) atoms. The topological polar surface area (TPSA) is 132 Å². The van der Waals surface area contributed by atoms with Crippen molar-refractivity contribution in [3.8, 4) is 5.75 Å². The summed E-state index contributed by atoms with van der Waals surface area (Å²) in [6.45, 7) is 7.60. The Hall–Kier alpha value is -3.89. The highest BCUT2D eigenvalue weighted by Gasteiger charge is 2.49. The molecule has 1 fully saturated rings. The number of hydrogen-bond acceptors (Lipinski definition) is 7. The smallest absolute Gasteiger partial charge is 0.254 e. The maximum atomic E-state index is 13.8. The number of aryl methyl sites for hydroxylation is 1. The van der Waals surface area contributed by atoms with Crippen LogP contribution in [0.3, 0.4) is 0 Å². The van der Waals surface area contributed by atoms with Crippen LogP contribution in [0.2, 0.25) is 0 Å². The third-order valence-corrected chi connectivity index (χ3v) is 8.85. The molecule has 3 aromatic rings. The lowest BCUT2D eigenvalue weighted by atomic mass is 9.96. The molecular weight excluding hydrogens is 540 g/mol. The van der Waals surface area contributed by atoms with E-state index in [0.717, 1.165) is 16.7 Å². The van der Waals surface area contributed by atoms with Gasteiger partial charge in [0, 0.05) is 34.8 Å². The third kappa shape index (κ3) is 6.89. The molecule has 0 aliphatic carbocycles. The zero-order chi connectivity index (χ0) is 29.7. The highest BCUT2D eigenvalue weighted by Crippen LogP contribution is 2.40. The van der Waals surface area contributed by atoms with Crippen LogP contribution in [0, 0.1) is 13.8 Å². The molecule has 9 nitrogen and oxygen atoms in total. The molecule has 3 amide bonds. The molecule has 0 spiro atoms. The van der Waals surface area contributed by atoms with Crippen LogP contribution in [0.25, 0.3) is 0 Å². The van der Waals surface area contributed by atoms with Gasteiger partial charge in [0.05, 0.1) is 11.9 Å². The number of phenols is 1. The standard InChI is InChI=1S/C31H36N4O5S/c1-19-13-14-32-16-22(19)17-33-29(39)27-31(3,4)41-18-35(27)30(40)26(37)24(15-21-9-6-5-7-10-21)34-28(38)23-11-8-12-25(36)20(23)2/h5-14,16,24,26-27,36-37H,15,17-18H2,1-4H3,(H,33,39)(H,34,38). The Morgan fingerprint density at radius 1 is 1.10 bits per heavy atom. The molecule has 1 aromatic heterocycles. The predicted octanol–water partition coefficient (Wildman–Crippen LogP) is 3.10. The van der Waals surface area contributed by atoms with Crippen molar-refractivity contribution in [1.29, 1.82) is 0 Å². The molecule has 216 valence electrons. The van der Waals surface area contributed by atoms with Gasteiger partial charge in [0.2, 0.25) is 5.91 Å². The van der Waals surface area contributed by atoms with Gasteiger partial charge < -0.3 is 25.7 Å². The zero-order valence-electron chi connectivity index (χ0n) is 23.6. The first kappa shape index (κ1) is 30.1. The number of aliphatic hydroxyl groups excluding tert-OH is 1. The van der Waals surface area contributed by atoms with Crippen molar-refractivity contribution >= 4 is 29.5 Å². The Morgan fingerprint density at radius 2 is 1.83 bits per heavy atom. The van der Waals surface area contributed by atoms with Gasteiger partial charge in [0.15, 0.2) is 6.10 Å². The van der Waals surface area contributed by atoms with E-state index in [1.165, 1.54) is 22.7 Å². The number of phenolic OH excluding ortho intramolecular Hbond substituents is 1. The van der Waals surface area contributed by atoms with E-state index >= 15 is 0 Å². The summed E-state index contributed by atoms with van der Waals surface area (Å²) in [6.07, 6.45) is 1.94. The fourth-order valence-electron chi connectivity index (χ4n) is 4.94. The van der Waals surface area contributed by atoms with Crippen molar-refractivity contribution in [2.45, 2.75) is 63.6 Å². The van der Waals surface area contributed by atoms with E-state index in [-0.39, 0.29) is 36.1 Å². The summed E-state index contributed by atoms with van der Waals surface area (Å²) >= 11 is 1.45. The third-order valence-electron chi connectivity index (χ3n) is 7.48. The highest BCUT2D eigenvalue weighted by molar-refractivity contribution is 8.00. The number of thioether (sulfide) groups is 1. The lowest BCUT2D eigenvalue weighted by molar-refractivity contribution is -0.147. The van der Waals surface area contributed by atoms with Gasteiger partial charge in [-0.2, -0.15) is 0 Å².